The first kappa shape index (κ1) is 31.3. The Kier molecular flexibility index (Phi) is 12.4. The first-order valence-corrected chi connectivity index (χ1v) is 16.0. The van der Waals surface area contributed by atoms with E-state index in [-0.39, 0.29) is 11.1 Å². The lowest BCUT2D eigenvalue weighted by molar-refractivity contribution is 0.0451. The summed E-state index contributed by atoms with van der Waals surface area (Å²) in [5, 5.41) is 4.39. The molecule has 0 N–H and O–H groups in total. The van der Waals surface area contributed by atoms with Crippen molar-refractivity contribution in [2.45, 2.75) is 90.9 Å². The number of unbranched alkanes of at least 4 members (excludes halogenated alkanes) is 10. The maximum absolute atomic E-state index is 13.7. The van der Waals surface area contributed by atoms with Gasteiger partial charge in [0.05, 0.1) is 24.3 Å². The molecule has 4 heteroatoms. The molecule has 42 heavy (non-hydrogen) atoms. The van der Waals surface area contributed by atoms with E-state index in [2.05, 4.69) is 44.2 Å². The lowest BCUT2D eigenvalue weighted by Gasteiger charge is -2.16. The fourth-order valence-electron chi connectivity index (χ4n) is 5.61. The largest absolute Gasteiger partial charge is 0.462 e. The van der Waals surface area contributed by atoms with Crippen molar-refractivity contribution < 1.29 is 19.1 Å². The molecule has 0 aliphatic heterocycles. The Balaban J connectivity index is 1.61. The van der Waals surface area contributed by atoms with Gasteiger partial charge in [-0.2, -0.15) is 0 Å². The summed E-state index contributed by atoms with van der Waals surface area (Å²) in [6, 6.07) is 24.1. The molecule has 4 aromatic rings. The maximum Gasteiger partial charge on any atom is 0.339 e. The van der Waals surface area contributed by atoms with Crippen molar-refractivity contribution in [1.29, 1.82) is 0 Å². The third-order valence-corrected chi connectivity index (χ3v) is 7.99. The van der Waals surface area contributed by atoms with Gasteiger partial charge < -0.3 is 9.47 Å². The Morgan fingerprint density at radius 2 is 1.05 bits per heavy atom. The molecule has 0 saturated heterocycles. The van der Waals surface area contributed by atoms with Gasteiger partial charge in [0.25, 0.3) is 0 Å². The van der Waals surface area contributed by atoms with Crippen molar-refractivity contribution in [3.63, 3.8) is 0 Å². The second-order valence-electron chi connectivity index (χ2n) is 11.3. The summed E-state index contributed by atoms with van der Waals surface area (Å²) in [6.45, 7) is 5.09. The molecule has 222 valence electrons. The van der Waals surface area contributed by atoms with Crippen molar-refractivity contribution in [3.8, 4) is 11.1 Å². The monoisotopic (exact) mass is 566 g/mol. The van der Waals surface area contributed by atoms with Crippen LogP contribution in [0.2, 0.25) is 0 Å². The van der Waals surface area contributed by atoms with Crippen molar-refractivity contribution in [3.05, 3.63) is 83.9 Å². The summed E-state index contributed by atoms with van der Waals surface area (Å²) in [7, 11) is 0. The molecular formula is C38H46O4. The van der Waals surface area contributed by atoms with Crippen LogP contribution in [0.5, 0.6) is 0 Å². The van der Waals surface area contributed by atoms with Crippen LogP contribution in [0.1, 0.15) is 112 Å². The lowest BCUT2D eigenvalue weighted by atomic mass is 9.90. The zero-order chi connectivity index (χ0) is 29.6. The second-order valence-corrected chi connectivity index (χ2v) is 11.3. The van der Waals surface area contributed by atoms with Crippen LogP contribution >= 0.6 is 0 Å². The van der Waals surface area contributed by atoms with E-state index in [0.717, 1.165) is 65.6 Å². The quantitative estimate of drug-likeness (QED) is 0.0724. The molecular weight excluding hydrogens is 520 g/mol. The van der Waals surface area contributed by atoms with E-state index in [1.54, 1.807) is 6.07 Å². The number of esters is 2. The summed E-state index contributed by atoms with van der Waals surface area (Å²) in [4.78, 5) is 27.1. The van der Waals surface area contributed by atoms with Gasteiger partial charge in [0.15, 0.2) is 0 Å². The molecule has 0 spiro atoms. The highest BCUT2D eigenvalue weighted by Gasteiger charge is 2.25. The van der Waals surface area contributed by atoms with Crippen LogP contribution < -0.4 is 0 Å². The summed E-state index contributed by atoms with van der Waals surface area (Å²) < 4.78 is 11.5. The average molecular weight is 567 g/mol. The molecule has 0 atom stereocenters. The molecule has 0 aliphatic carbocycles. The lowest BCUT2D eigenvalue weighted by Crippen LogP contribution is -2.16. The van der Waals surface area contributed by atoms with Crippen LogP contribution in [-0.2, 0) is 9.47 Å². The van der Waals surface area contributed by atoms with Gasteiger partial charge >= 0.3 is 11.9 Å². The molecule has 0 aliphatic rings. The van der Waals surface area contributed by atoms with Crippen molar-refractivity contribution in [1.82, 2.24) is 0 Å². The topological polar surface area (TPSA) is 52.6 Å². The number of ether oxygens (including phenoxy) is 2. The van der Waals surface area contributed by atoms with Crippen LogP contribution in [0.4, 0.5) is 0 Å². The van der Waals surface area contributed by atoms with E-state index in [4.69, 9.17) is 9.47 Å². The Labute approximate surface area is 251 Å². The van der Waals surface area contributed by atoms with Crippen LogP contribution in [0.25, 0.3) is 32.7 Å². The van der Waals surface area contributed by atoms with Gasteiger partial charge in [-0.3, -0.25) is 0 Å². The van der Waals surface area contributed by atoms with Crippen molar-refractivity contribution >= 4 is 33.5 Å². The number of benzene rings is 4. The molecule has 0 heterocycles. The summed E-state index contributed by atoms with van der Waals surface area (Å²) in [5.74, 6) is -0.939. The highest BCUT2D eigenvalue weighted by Crippen LogP contribution is 2.35. The first-order chi connectivity index (χ1) is 20.6. The summed E-state index contributed by atoms with van der Waals surface area (Å²) in [6.07, 6.45) is 13.3. The van der Waals surface area contributed by atoms with Gasteiger partial charge in [0.1, 0.15) is 0 Å². The zero-order valence-electron chi connectivity index (χ0n) is 25.5. The third kappa shape index (κ3) is 8.44. The fourth-order valence-corrected chi connectivity index (χ4v) is 5.61. The van der Waals surface area contributed by atoms with E-state index < -0.39 is 11.9 Å². The molecule has 0 aromatic heterocycles. The Morgan fingerprint density at radius 3 is 1.71 bits per heavy atom. The van der Waals surface area contributed by atoms with Gasteiger partial charge in [0.2, 0.25) is 0 Å². The first-order valence-electron chi connectivity index (χ1n) is 16.0. The minimum absolute atomic E-state index is 0.268. The predicted octanol–water partition coefficient (Wildman–Crippen LogP) is 10.7. The van der Waals surface area contributed by atoms with Gasteiger partial charge in [-0.15, -0.1) is 0 Å². The van der Waals surface area contributed by atoms with Crippen LogP contribution in [-0.4, -0.2) is 25.2 Å². The normalized spacial score (nSPS) is 11.2. The zero-order valence-corrected chi connectivity index (χ0v) is 25.5. The Bertz CT molecular complexity index is 1450. The average Bonchev–Trinajstić information content (AvgIpc) is 3.02. The highest BCUT2D eigenvalue weighted by molar-refractivity contribution is 6.12. The number of hydrogen-bond acceptors (Lipinski definition) is 4. The molecule has 0 radical (unpaired) electrons. The molecule has 0 fully saturated rings. The summed E-state index contributed by atoms with van der Waals surface area (Å²) >= 11 is 0. The number of rotatable bonds is 17. The van der Waals surface area contributed by atoms with E-state index in [1.165, 1.54) is 38.5 Å². The smallest absolute Gasteiger partial charge is 0.339 e. The Hall–Kier alpha value is -3.66. The maximum atomic E-state index is 13.7. The Morgan fingerprint density at radius 1 is 0.524 bits per heavy atom. The standard InChI is InChI=1S/C38H46O4/c1-3-5-7-9-11-15-25-41-37(39)34-24-18-23-33(36(34)38(40)42-26-16-12-10-8-6-4-2)32-22-17-21-31-27-29-19-13-14-20-30(29)28-35(31)32/h13-14,17-24,27-28H,3-12,15-16,25-26H2,1-2H3. The van der Waals surface area contributed by atoms with Gasteiger partial charge in [-0.1, -0.05) is 133 Å². The third-order valence-electron chi connectivity index (χ3n) is 7.99. The number of fused-ring (bicyclic) bond motifs is 2. The van der Waals surface area contributed by atoms with E-state index >= 15 is 0 Å². The van der Waals surface area contributed by atoms with E-state index in [1.807, 2.05) is 36.4 Å². The SMILES string of the molecule is CCCCCCCCOC(=O)c1cccc(-c2cccc3cc4ccccc4cc23)c1C(=O)OCCCCCCCC. The van der Waals surface area contributed by atoms with Crippen molar-refractivity contribution in [2.75, 3.05) is 13.2 Å². The summed E-state index contributed by atoms with van der Waals surface area (Å²) in [5.41, 5.74) is 2.15. The molecule has 0 saturated carbocycles. The molecule has 4 rings (SSSR count). The molecule has 0 bridgehead atoms. The minimum atomic E-state index is -0.470. The molecule has 4 nitrogen and oxygen atoms in total. The van der Waals surface area contributed by atoms with Crippen LogP contribution in [0, 0.1) is 0 Å². The van der Waals surface area contributed by atoms with Gasteiger partial charge in [0, 0.05) is 0 Å². The molecule has 4 aromatic carbocycles. The second kappa shape index (κ2) is 16.7. The van der Waals surface area contributed by atoms with Gasteiger partial charge in [-0.05, 0) is 63.7 Å². The predicted molar refractivity (Wildman–Crippen MR) is 174 cm³/mol. The van der Waals surface area contributed by atoms with Crippen LogP contribution in [0.3, 0.4) is 0 Å². The number of hydrogen-bond donors (Lipinski definition) is 0. The highest BCUT2D eigenvalue weighted by atomic mass is 16.5. The number of carbonyl (C=O) groups excluding carboxylic acids is 2. The van der Waals surface area contributed by atoms with Gasteiger partial charge in [-0.25, -0.2) is 9.59 Å². The van der Waals surface area contributed by atoms with E-state index in [9.17, 15) is 9.59 Å². The fraction of sp³-hybridized carbons (Fsp3) is 0.421. The number of carbonyl (C=O) groups is 2. The molecule has 0 amide bonds. The van der Waals surface area contributed by atoms with Crippen molar-refractivity contribution in [2.24, 2.45) is 0 Å². The minimum Gasteiger partial charge on any atom is -0.462 e. The van der Waals surface area contributed by atoms with Crippen LogP contribution in [0.15, 0.2) is 72.8 Å². The van der Waals surface area contributed by atoms with E-state index in [0.29, 0.717) is 18.8 Å². The molecule has 0 unspecified atom stereocenters.